The Morgan fingerprint density at radius 2 is 1.84 bits per heavy atom. The van der Waals surface area contributed by atoms with E-state index in [2.05, 4.69) is 5.32 Å². The first-order chi connectivity index (χ1) is 12.0. The van der Waals surface area contributed by atoms with E-state index >= 15 is 0 Å². The van der Waals surface area contributed by atoms with Crippen LogP contribution >= 0.6 is 0 Å². The van der Waals surface area contributed by atoms with Crippen LogP contribution in [0, 0.1) is 0 Å². The first kappa shape index (κ1) is 16.4. The highest BCUT2D eigenvalue weighted by Crippen LogP contribution is 2.32. The lowest BCUT2D eigenvalue weighted by molar-refractivity contribution is 0.168. The zero-order chi connectivity index (χ0) is 18.0. The van der Waals surface area contributed by atoms with Gasteiger partial charge in [-0.3, -0.25) is 10.1 Å². The maximum Gasteiger partial charge on any atom is 0.411 e. The Morgan fingerprint density at radius 3 is 2.60 bits per heavy atom. The quantitative estimate of drug-likeness (QED) is 0.673. The molecule has 0 radical (unpaired) electrons. The molecule has 2 aromatic carbocycles. The molecule has 1 aromatic heterocycles. The number of benzene rings is 2. The Balaban J connectivity index is 2.14. The second-order valence-electron chi connectivity index (χ2n) is 5.23. The average molecular weight is 341 g/mol. The summed E-state index contributed by atoms with van der Waals surface area (Å²) in [6.45, 7) is 1.85. The van der Waals surface area contributed by atoms with Gasteiger partial charge in [0.1, 0.15) is 22.8 Å². The highest BCUT2D eigenvalue weighted by Gasteiger charge is 2.14. The number of aromatic hydroxyl groups is 2. The van der Waals surface area contributed by atoms with Gasteiger partial charge < -0.3 is 19.4 Å². The Labute approximate surface area is 142 Å². The molecule has 7 nitrogen and oxygen atoms in total. The van der Waals surface area contributed by atoms with Gasteiger partial charge in [0.05, 0.1) is 17.7 Å². The SMILES string of the molecule is CCOC(=O)Nc1cc(O)ccc1-c1cc(=O)c2ccc(O)cc2o1. The molecule has 0 aliphatic carbocycles. The molecule has 0 bridgehead atoms. The highest BCUT2D eigenvalue weighted by atomic mass is 16.5. The minimum Gasteiger partial charge on any atom is -0.508 e. The van der Waals surface area contributed by atoms with Crippen LogP contribution in [0.2, 0.25) is 0 Å². The number of phenolic OH excluding ortho intramolecular Hbond substituents is 2. The number of amides is 1. The number of hydrogen-bond acceptors (Lipinski definition) is 6. The summed E-state index contributed by atoms with van der Waals surface area (Å²) in [4.78, 5) is 24.0. The van der Waals surface area contributed by atoms with Crippen LogP contribution in [0.15, 0.2) is 51.7 Å². The van der Waals surface area contributed by atoms with Gasteiger partial charge in [0.25, 0.3) is 0 Å². The van der Waals surface area contributed by atoms with Crippen molar-refractivity contribution in [2.75, 3.05) is 11.9 Å². The maximum atomic E-state index is 12.3. The summed E-state index contributed by atoms with van der Waals surface area (Å²) in [5, 5.41) is 22.1. The number of rotatable bonds is 3. The minimum absolute atomic E-state index is 0.0385. The molecular formula is C18H15NO6. The first-order valence-electron chi connectivity index (χ1n) is 7.52. The predicted molar refractivity (Wildman–Crippen MR) is 91.9 cm³/mol. The maximum absolute atomic E-state index is 12.3. The predicted octanol–water partition coefficient (Wildman–Crippen LogP) is 3.44. The molecule has 3 aromatic rings. The number of ether oxygens (including phenoxy) is 1. The number of nitrogens with one attached hydrogen (secondary N) is 1. The van der Waals surface area contributed by atoms with Gasteiger partial charge >= 0.3 is 6.09 Å². The van der Waals surface area contributed by atoms with Crippen LogP contribution in [0.25, 0.3) is 22.3 Å². The lowest BCUT2D eigenvalue weighted by Gasteiger charge is -2.11. The average Bonchev–Trinajstić information content (AvgIpc) is 2.54. The van der Waals surface area contributed by atoms with Crippen molar-refractivity contribution in [3.8, 4) is 22.8 Å². The third kappa shape index (κ3) is 3.40. The molecule has 7 heteroatoms. The van der Waals surface area contributed by atoms with Crippen molar-refractivity contribution in [1.82, 2.24) is 0 Å². The molecule has 0 saturated heterocycles. The van der Waals surface area contributed by atoms with E-state index in [0.717, 1.165) is 0 Å². The number of phenols is 2. The van der Waals surface area contributed by atoms with E-state index < -0.39 is 6.09 Å². The van der Waals surface area contributed by atoms with Gasteiger partial charge in [-0.15, -0.1) is 0 Å². The standard InChI is InChI=1S/C18H15NO6/c1-2-24-18(23)19-14-7-10(20)3-5-12(14)17-9-15(22)13-6-4-11(21)8-16(13)25-17/h3-9,20-21H,2H2,1H3,(H,19,23). The largest absolute Gasteiger partial charge is 0.508 e. The summed E-state index contributed by atoms with van der Waals surface area (Å²) in [6.07, 6.45) is -0.699. The normalized spacial score (nSPS) is 10.6. The Kier molecular flexibility index (Phi) is 4.30. The number of fused-ring (bicyclic) bond motifs is 1. The number of hydrogen-bond donors (Lipinski definition) is 3. The molecule has 0 atom stereocenters. The highest BCUT2D eigenvalue weighted by molar-refractivity contribution is 5.91. The van der Waals surface area contributed by atoms with E-state index in [-0.39, 0.29) is 40.6 Å². The molecular weight excluding hydrogens is 326 g/mol. The van der Waals surface area contributed by atoms with Crippen LogP contribution in [0.4, 0.5) is 10.5 Å². The summed E-state index contributed by atoms with van der Waals surface area (Å²) in [7, 11) is 0. The molecule has 128 valence electrons. The molecule has 1 amide bonds. The monoisotopic (exact) mass is 341 g/mol. The summed E-state index contributed by atoms with van der Waals surface area (Å²) in [6, 6.07) is 9.70. The van der Waals surface area contributed by atoms with Crippen LogP contribution in [-0.4, -0.2) is 22.9 Å². The van der Waals surface area contributed by atoms with Crippen molar-refractivity contribution >= 4 is 22.7 Å². The molecule has 0 spiro atoms. The molecule has 0 fully saturated rings. The van der Waals surface area contributed by atoms with Crippen molar-refractivity contribution in [3.63, 3.8) is 0 Å². The van der Waals surface area contributed by atoms with Gasteiger partial charge in [0.2, 0.25) is 0 Å². The lowest BCUT2D eigenvalue weighted by Crippen LogP contribution is -2.14. The van der Waals surface area contributed by atoms with E-state index in [9.17, 15) is 19.8 Å². The fraction of sp³-hybridized carbons (Fsp3) is 0.111. The van der Waals surface area contributed by atoms with Crippen LogP contribution in [-0.2, 0) is 4.74 Å². The van der Waals surface area contributed by atoms with Crippen molar-refractivity contribution in [3.05, 3.63) is 52.7 Å². The Bertz CT molecular complexity index is 1010. The van der Waals surface area contributed by atoms with Gasteiger partial charge in [-0.1, -0.05) is 0 Å². The van der Waals surface area contributed by atoms with Crippen LogP contribution in [0.5, 0.6) is 11.5 Å². The minimum atomic E-state index is -0.699. The van der Waals surface area contributed by atoms with Gasteiger partial charge in [0.15, 0.2) is 5.43 Å². The Hall–Kier alpha value is -3.48. The van der Waals surface area contributed by atoms with Gasteiger partial charge in [0, 0.05) is 23.8 Å². The zero-order valence-electron chi connectivity index (χ0n) is 13.3. The second kappa shape index (κ2) is 6.56. The zero-order valence-corrected chi connectivity index (χ0v) is 13.3. The number of carbonyl (C=O) groups is 1. The fourth-order valence-electron chi connectivity index (χ4n) is 2.40. The topological polar surface area (TPSA) is 109 Å². The number of anilines is 1. The first-order valence-corrected chi connectivity index (χ1v) is 7.52. The number of carbonyl (C=O) groups excluding carboxylic acids is 1. The Morgan fingerprint density at radius 1 is 1.12 bits per heavy atom. The molecule has 0 unspecified atom stereocenters. The van der Waals surface area contributed by atoms with Crippen molar-refractivity contribution in [2.24, 2.45) is 0 Å². The molecule has 3 N–H and O–H groups in total. The van der Waals surface area contributed by atoms with Crippen LogP contribution in [0.1, 0.15) is 6.92 Å². The van der Waals surface area contributed by atoms with E-state index in [0.29, 0.717) is 10.9 Å². The van der Waals surface area contributed by atoms with E-state index in [1.165, 1.54) is 42.5 Å². The third-order valence-electron chi connectivity index (χ3n) is 3.49. The molecule has 3 rings (SSSR count). The lowest BCUT2D eigenvalue weighted by atomic mass is 10.1. The van der Waals surface area contributed by atoms with Crippen LogP contribution < -0.4 is 10.7 Å². The van der Waals surface area contributed by atoms with Crippen molar-refractivity contribution in [2.45, 2.75) is 6.92 Å². The van der Waals surface area contributed by atoms with Crippen molar-refractivity contribution < 1.29 is 24.2 Å². The fourth-order valence-corrected chi connectivity index (χ4v) is 2.40. The van der Waals surface area contributed by atoms with Gasteiger partial charge in [-0.05, 0) is 31.2 Å². The molecule has 0 aliphatic rings. The smallest absolute Gasteiger partial charge is 0.411 e. The van der Waals surface area contributed by atoms with Gasteiger partial charge in [-0.2, -0.15) is 0 Å². The third-order valence-corrected chi connectivity index (χ3v) is 3.49. The van der Waals surface area contributed by atoms with Crippen LogP contribution in [0.3, 0.4) is 0 Å². The van der Waals surface area contributed by atoms with E-state index in [1.54, 1.807) is 6.92 Å². The van der Waals surface area contributed by atoms with Crippen molar-refractivity contribution in [1.29, 1.82) is 0 Å². The van der Waals surface area contributed by atoms with Gasteiger partial charge in [-0.25, -0.2) is 4.79 Å². The molecule has 25 heavy (non-hydrogen) atoms. The van der Waals surface area contributed by atoms with E-state index in [1.807, 2.05) is 0 Å². The second-order valence-corrected chi connectivity index (χ2v) is 5.23. The summed E-state index contributed by atoms with van der Waals surface area (Å²) >= 11 is 0. The summed E-state index contributed by atoms with van der Waals surface area (Å²) < 4.78 is 10.5. The molecule has 1 heterocycles. The molecule has 0 aliphatic heterocycles. The summed E-state index contributed by atoms with van der Waals surface area (Å²) in [5.41, 5.74) is 0.512. The summed E-state index contributed by atoms with van der Waals surface area (Å²) in [5.74, 6) is 0.0644. The molecule has 0 saturated carbocycles. The van der Waals surface area contributed by atoms with E-state index in [4.69, 9.17) is 9.15 Å².